The molecular formula is C17H22N4O3S3. The highest BCUT2D eigenvalue weighted by atomic mass is 32.2. The van der Waals surface area contributed by atoms with Gasteiger partial charge in [0.2, 0.25) is 5.91 Å². The molecule has 1 saturated heterocycles. The van der Waals surface area contributed by atoms with Crippen LogP contribution >= 0.6 is 23.5 Å². The molecule has 146 valence electrons. The number of thioether (sulfide) groups is 2. The second kappa shape index (κ2) is 8.66. The van der Waals surface area contributed by atoms with Crippen LogP contribution in [-0.2, 0) is 28.1 Å². The summed E-state index contributed by atoms with van der Waals surface area (Å²) in [6, 6.07) is 7.69. The van der Waals surface area contributed by atoms with Gasteiger partial charge in [0.05, 0.1) is 17.3 Å². The first-order valence-electron chi connectivity index (χ1n) is 8.51. The van der Waals surface area contributed by atoms with E-state index in [4.69, 9.17) is 0 Å². The Morgan fingerprint density at radius 1 is 1.37 bits per heavy atom. The summed E-state index contributed by atoms with van der Waals surface area (Å²) in [5, 5.41) is 11.9. The van der Waals surface area contributed by atoms with E-state index in [1.54, 1.807) is 11.8 Å². The number of carbonyl (C=O) groups is 1. The Balaban J connectivity index is 1.54. The number of hydrogen-bond donors (Lipinski definition) is 1. The smallest absolute Gasteiger partial charge is 0.234 e. The average molecular weight is 427 g/mol. The second-order valence-electron chi connectivity index (χ2n) is 6.50. The van der Waals surface area contributed by atoms with Gasteiger partial charge in [0.25, 0.3) is 0 Å². The molecule has 7 nitrogen and oxygen atoms in total. The maximum atomic E-state index is 12.2. The lowest BCUT2D eigenvalue weighted by Crippen LogP contribution is -2.14. The van der Waals surface area contributed by atoms with Gasteiger partial charge in [0.15, 0.2) is 15.0 Å². The maximum Gasteiger partial charge on any atom is 0.234 e. The molecule has 1 atom stereocenters. The molecule has 3 rings (SSSR count). The van der Waals surface area contributed by atoms with Crippen LogP contribution in [0.15, 0.2) is 34.3 Å². The van der Waals surface area contributed by atoms with E-state index in [1.165, 1.54) is 11.8 Å². The SMILES string of the molecule is CSc1cccc(NC(=O)CSc2nnc(CC3CCS(=O)(=O)C3)n2C)c1. The average Bonchev–Trinajstić information content (AvgIpc) is 3.15. The largest absolute Gasteiger partial charge is 0.325 e. The molecule has 1 aromatic carbocycles. The predicted octanol–water partition coefficient (Wildman–Crippen LogP) is 2.25. The summed E-state index contributed by atoms with van der Waals surface area (Å²) in [5.41, 5.74) is 0.772. The molecule has 1 N–H and O–H groups in total. The fourth-order valence-electron chi connectivity index (χ4n) is 2.97. The van der Waals surface area contributed by atoms with Crippen molar-refractivity contribution in [3.8, 4) is 0 Å². The van der Waals surface area contributed by atoms with Crippen molar-refractivity contribution in [2.45, 2.75) is 22.9 Å². The van der Waals surface area contributed by atoms with E-state index < -0.39 is 9.84 Å². The van der Waals surface area contributed by atoms with Gasteiger partial charge in [-0.1, -0.05) is 17.8 Å². The van der Waals surface area contributed by atoms with Gasteiger partial charge in [0.1, 0.15) is 5.82 Å². The Bertz CT molecular complexity index is 927. The van der Waals surface area contributed by atoms with E-state index in [1.807, 2.05) is 42.1 Å². The summed E-state index contributed by atoms with van der Waals surface area (Å²) in [7, 11) is -1.05. The summed E-state index contributed by atoms with van der Waals surface area (Å²) in [6.07, 6.45) is 3.26. The third kappa shape index (κ3) is 5.49. The van der Waals surface area contributed by atoms with Gasteiger partial charge in [-0.15, -0.1) is 22.0 Å². The molecule has 0 aliphatic carbocycles. The summed E-state index contributed by atoms with van der Waals surface area (Å²) >= 11 is 2.94. The molecule has 10 heteroatoms. The quantitative estimate of drug-likeness (QED) is 0.679. The summed E-state index contributed by atoms with van der Waals surface area (Å²) in [5.74, 6) is 1.46. The maximum absolute atomic E-state index is 12.2. The van der Waals surface area contributed by atoms with Crippen LogP contribution in [0.25, 0.3) is 0 Å². The fourth-order valence-corrected chi connectivity index (χ4v) is 6.02. The molecule has 1 fully saturated rings. The number of amides is 1. The van der Waals surface area contributed by atoms with Crippen LogP contribution in [-0.4, -0.2) is 52.6 Å². The highest BCUT2D eigenvalue weighted by Crippen LogP contribution is 2.24. The van der Waals surface area contributed by atoms with E-state index >= 15 is 0 Å². The molecule has 2 aromatic rings. The topological polar surface area (TPSA) is 94.0 Å². The number of carbonyl (C=O) groups excluding carboxylic acids is 1. The lowest BCUT2D eigenvalue weighted by Gasteiger charge is -2.08. The molecule has 0 bridgehead atoms. The lowest BCUT2D eigenvalue weighted by atomic mass is 10.1. The van der Waals surface area contributed by atoms with Gasteiger partial charge in [-0.3, -0.25) is 4.79 Å². The van der Waals surface area contributed by atoms with Gasteiger partial charge in [-0.2, -0.15) is 0 Å². The number of anilines is 1. The second-order valence-corrected chi connectivity index (χ2v) is 10.6. The molecule has 1 aliphatic heterocycles. The number of nitrogens with one attached hydrogen (secondary N) is 1. The zero-order valence-electron chi connectivity index (χ0n) is 15.2. The Morgan fingerprint density at radius 2 is 2.19 bits per heavy atom. The van der Waals surface area contributed by atoms with Crippen molar-refractivity contribution in [3.05, 3.63) is 30.1 Å². The van der Waals surface area contributed by atoms with Crippen LogP contribution in [0.2, 0.25) is 0 Å². The molecule has 1 unspecified atom stereocenters. The Hall–Kier alpha value is -1.52. The Labute approximate surface area is 167 Å². The number of aromatic nitrogens is 3. The number of nitrogens with zero attached hydrogens (tertiary/aromatic N) is 3. The minimum Gasteiger partial charge on any atom is -0.325 e. The van der Waals surface area contributed by atoms with Crippen LogP contribution in [0, 0.1) is 5.92 Å². The van der Waals surface area contributed by atoms with E-state index in [9.17, 15) is 13.2 Å². The van der Waals surface area contributed by atoms with Gasteiger partial charge < -0.3 is 9.88 Å². The molecule has 27 heavy (non-hydrogen) atoms. The molecule has 0 saturated carbocycles. The van der Waals surface area contributed by atoms with Gasteiger partial charge in [-0.25, -0.2) is 8.42 Å². The summed E-state index contributed by atoms with van der Waals surface area (Å²) in [4.78, 5) is 13.3. The normalized spacial score (nSPS) is 18.5. The van der Waals surface area contributed by atoms with Gasteiger partial charge in [-0.05, 0) is 36.8 Å². The van der Waals surface area contributed by atoms with E-state index in [0.717, 1.165) is 16.4 Å². The fraction of sp³-hybridized carbons (Fsp3) is 0.471. The van der Waals surface area contributed by atoms with E-state index in [2.05, 4.69) is 15.5 Å². The minimum absolute atomic E-state index is 0.0998. The van der Waals surface area contributed by atoms with Crippen molar-refractivity contribution in [1.29, 1.82) is 0 Å². The van der Waals surface area contributed by atoms with Crippen LogP contribution in [0.5, 0.6) is 0 Å². The van der Waals surface area contributed by atoms with Gasteiger partial charge in [0, 0.05) is 24.1 Å². The van der Waals surface area contributed by atoms with Crippen molar-refractivity contribution in [2.75, 3.05) is 28.8 Å². The predicted molar refractivity (Wildman–Crippen MR) is 109 cm³/mol. The first kappa shape index (κ1) is 20.2. The third-order valence-electron chi connectivity index (χ3n) is 4.41. The monoisotopic (exact) mass is 426 g/mol. The van der Waals surface area contributed by atoms with Crippen LogP contribution in [0.4, 0.5) is 5.69 Å². The molecule has 1 aromatic heterocycles. The first-order chi connectivity index (χ1) is 12.9. The molecule has 0 radical (unpaired) electrons. The van der Waals surface area contributed by atoms with Crippen LogP contribution < -0.4 is 5.32 Å². The molecule has 2 heterocycles. The molecule has 1 aliphatic rings. The standard InChI is InChI=1S/C17H22N4O3S3/c1-21-15(8-12-6-7-27(23,24)11-12)19-20-17(21)26-10-16(22)18-13-4-3-5-14(9-13)25-2/h3-5,9,12H,6-8,10-11H2,1-2H3,(H,18,22). The van der Waals surface area contributed by atoms with Gasteiger partial charge >= 0.3 is 0 Å². The molecule has 0 spiro atoms. The number of benzene rings is 1. The van der Waals surface area contributed by atoms with Crippen molar-refractivity contribution in [1.82, 2.24) is 14.8 Å². The number of sulfone groups is 1. The molecular weight excluding hydrogens is 404 g/mol. The zero-order valence-corrected chi connectivity index (χ0v) is 17.7. The van der Waals surface area contributed by atoms with Crippen molar-refractivity contribution >= 4 is 45.0 Å². The molecule has 1 amide bonds. The number of hydrogen-bond acceptors (Lipinski definition) is 7. The van der Waals surface area contributed by atoms with E-state index in [-0.39, 0.29) is 29.1 Å². The van der Waals surface area contributed by atoms with E-state index in [0.29, 0.717) is 18.0 Å². The summed E-state index contributed by atoms with van der Waals surface area (Å²) in [6.45, 7) is 0. The van der Waals surface area contributed by atoms with Crippen LogP contribution in [0.1, 0.15) is 12.2 Å². The van der Waals surface area contributed by atoms with Crippen molar-refractivity contribution in [3.63, 3.8) is 0 Å². The number of rotatable bonds is 7. The first-order valence-corrected chi connectivity index (χ1v) is 12.5. The Morgan fingerprint density at radius 3 is 2.89 bits per heavy atom. The zero-order chi connectivity index (χ0) is 19.4. The Kier molecular flexibility index (Phi) is 6.48. The van der Waals surface area contributed by atoms with Crippen molar-refractivity contribution < 1.29 is 13.2 Å². The lowest BCUT2D eigenvalue weighted by molar-refractivity contribution is -0.113. The van der Waals surface area contributed by atoms with Crippen molar-refractivity contribution in [2.24, 2.45) is 13.0 Å². The third-order valence-corrected chi connectivity index (χ3v) is 7.99. The highest BCUT2D eigenvalue weighted by Gasteiger charge is 2.29. The van der Waals surface area contributed by atoms with Crippen LogP contribution in [0.3, 0.4) is 0 Å². The summed E-state index contributed by atoms with van der Waals surface area (Å²) < 4.78 is 25.0. The minimum atomic E-state index is -2.90. The highest BCUT2D eigenvalue weighted by molar-refractivity contribution is 7.99.